The van der Waals surface area contributed by atoms with Crippen molar-refractivity contribution in [3.8, 4) is 0 Å². The lowest BCUT2D eigenvalue weighted by molar-refractivity contribution is 0.0998. The molecule has 0 radical (unpaired) electrons. The fourth-order valence-corrected chi connectivity index (χ4v) is 2.50. The Morgan fingerprint density at radius 2 is 2.19 bits per heavy atom. The SMILES string of the molecule is CN1CCCC(c2ccccc2C(N)=O)C1. The van der Waals surface area contributed by atoms with Crippen LogP contribution in [-0.2, 0) is 0 Å². The van der Waals surface area contributed by atoms with E-state index in [4.69, 9.17) is 5.73 Å². The number of carbonyl (C=O) groups excluding carboxylic acids is 1. The largest absolute Gasteiger partial charge is 0.366 e. The quantitative estimate of drug-likeness (QED) is 0.819. The van der Waals surface area contributed by atoms with Gasteiger partial charge in [0, 0.05) is 12.1 Å². The highest BCUT2D eigenvalue weighted by atomic mass is 16.1. The molecular formula is C13H18N2O. The summed E-state index contributed by atoms with van der Waals surface area (Å²) in [5, 5.41) is 0. The number of amides is 1. The Kier molecular flexibility index (Phi) is 3.25. The van der Waals surface area contributed by atoms with Crippen LogP contribution in [0.25, 0.3) is 0 Å². The van der Waals surface area contributed by atoms with Gasteiger partial charge < -0.3 is 10.6 Å². The second-order valence-electron chi connectivity index (χ2n) is 4.55. The van der Waals surface area contributed by atoms with Crippen molar-refractivity contribution in [2.45, 2.75) is 18.8 Å². The van der Waals surface area contributed by atoms with Gasteiger partial charge in [-0.05, 0) is 44.0 Å². The number of rotatable bonds is 2. The van der Waals surface area contributed by atoms with E-state index in [1.807, 2.05) is 24.3 Å². The van der Waals surface area contributed by atoms with E-state index in [9.17, 15) is 4.79 Å². The Bertz CT molecular complexity index is 389. The van der Waals surface area contributed by atoms with E-state index < -0.39 is 0 Å². The monoisotopic (exact) mass is 218 g/mol. The average molecular weight is 218 g/mol. The van der Waals surface area contributed by atoms with Gasteiger partial charge in [-0.2, -0.15) is 0 Å². The normalized spacial score (nSPS) is 21.9. The van der Waals surface area contributed by atoms with Gasteiger partial charge in [0.2, 0.25) is 5.91 Å². The molecule has 1 aromatic rings. The Morgan fingerprint density at radius 1 is 1.44 bits per heavy atom. The summed E-state index contributed by atoms with van der Waals surface area (Å²) in [7, 11) is 2.12. The van der Waals surface area contributed by atoms with E-state index in [1.54, 1.807) is 0 Å². The van der Waals surface area contributed by atoms with Crippen molar-refractivity contribution in [2.24, 2.45) is 5.73 Å². The summed E-state index contributed by atoms with van der Waals surface area (Å²) in [6.45, 7) is 2.17. The minimum absolute atomic E-state index is 0.316. The van der Waals surface area contributed by atoms with Crippen LogP contribution >= 0.6 is 0 Å². The summed E-state index contributed by atoms with van der Waals surface area (Å²) in [6, 6.07) is 7.71. The number of hydrogen-bond donors (Lipinski definition) is 1. The van der Waals surface area contributed by atoms with Crippen LogP contribution in [0.3, 0.4) is 0 Å². The predicted octanol–water partition coefficient (Wildman–Crippen LogP) is 1.59. The van der Waals surface area contributed by atoms with Crippen molar-refractivity contribution in [1.29, 1.82) is 0 Å². The first-order valence-corrected chi connectivity index (χ1v) is 5.75. The Balaban J connectivity index is 2.28. The van der Waals surface area contributed by atoms with Crippen LogP contribution in [0.5, 0.6) is 0 Å². The topological polar surface area (TPSA) is 46.3 Å². The molecule has 16 heavy (non-hydrogen) atoms. The lowest BCUT2D eigenvalue weighted by Gasteiger charge is -2.30. The third kappa shape index (κ3) is 2.25. The van der Waals surface area contributed by atoms with Crippen LogP contribution in [-0.4, -0.2) is 30.9 Å². The first-order valence-electron chi connectivity index (χ1n) is 5.75. The third-order valence-electron chi connectivity index (χ3n) is 3.29. The van der Waals surface area contributed by atoms with E-state index in [-0.39, 0.29) is 5.91 Å². The Morgan fingerprint density at radius 3 is 2.88 bits per heavy atom. The molecule has 1 aliphatic rings. The van der Waals surface area contributed by atoms with Crippen LogP contribution < -0.4 is 5.73 Å². The van der Waals surface area contributed by atoms with Gasteiger partial charge in [-0.3, -0.25) is 4.79 Å². The molecule has 86 valence electrons. The number of likely N-dealkylation sites (tertiary alicyclic amines) is 1. The van der Waals surface area contributed by atoms with Crippen LogP contribution in [0, 0.1) is 0 Å². The van der Waals surface area contributed by atoms with Crippen molar-refractivity contribution < 1.29 is 4.79 Å². The first kappa shape index (κ1) is 11.1. The number of benzene rings is 1. The van der Waals surface area contributed by atoms with Gasteiger partial charge in [0.25, 0.3) is 0 Å². The number of piperidine rings is 1. The molecule has 1 fully saturated rings. The van der Waals surface area contributed by atoms with Gasteiger partial charge in [-0.1, -0.05) is 18.2 Å². The van der Waals surface area contributed by atoms with Crippen LogP contribution in [0.1, 0.15) is 34.7 Å². The standard InChI is InChI=1S/C13H18N2O/c1-15-8-4-5-10(9-15)11-6-2-3-7-12(11)13(14)16/h2-3,6-7,10H,4-5,8-9H2,1H3,(H2,14,16). The number of primary amides is 1. The van der Waals surface area contributed by atoms with Gasteiger partial charge in [0.15, 0.2) is 0 Å². The lowest BCUT2D eigenvalue weighted by Crippen LogP contribution is -2.31. The molecule has 1 atom stereocenters. The molecule has 1 unspecified atom stereocenters. The molecule has 1 heterocycles. The van der Waals surface area contributed by atoms with Crippen LogP contribution in [0.2, 0.25) is 0 Å². The Labute approximate surface area is 96.2 Å². The van der Waals surface area contributed by atoms with Gasteiger partial charge in [0.05, 0.1) is 0 Å². The van der Waals surface area contributed by atoms with E-state index in [0.717, 1.165) is 25.1 Å². The number of nitrogens with zero attached hydrogens (tertiary/aromatic N) is 1. The van der Waals surface area contributed by atoms with Crippen molar-refractivity contribution in [3.05, 3.63) is 35.4 Å². The number of hydrogen-bond acceptors (Lipinski definition) is 2. The molecule has 0 aliphatic carbocycles. The molecule has 1 aliphatic heterocycles. The third-order valence-corrected chi connectivity index (χ3v) is 3.29. The fraction of sp³-hybridized carbons (Fsp3) is 0.462. The Hall–Kier alpha value is -1.35. The maximum absolute atomic E-state index is 11.4. The fourth-order valence-electron chi connectivity index (χ4n) is 2.50. The van der Waals surface area contributed by atoms with Crippen molar-refractivity contribution in [3.63, 3.8) is 0 Å². The smallest absolute Gasteiger partial charge is 0.248 e. The summed E-state index contributed by atoms with van der Waals surface area (Å²) in [5.41, 5.74) is 7.20. The molecule has 2 N–H and O–H groups in total. The number of nitrogens with two attached hydrogens (primary N) is 1. The summed E-state index contributed by atoms with van der Waals surface area (Å²) in [6.07, 6.45) is 2.34. The second-order valence-corrected chi connectivity index (χ2v) is 4.55. The van der Waals surface area contributed by atoms with Crippen LogP contribution in [0.15, 0.2) is 24.3 Å². The zero-order valence-corrected chi connectivity index (χ0v) is 9.65. The van der Waals surface area contributed by atoms with Gasteiger partial charge >= 0.3 is 0 Å². The van der Waals surface area contributed by atoms with Crippen molar-refractivity contribution >= 4 is 5.91 Å². The van der Waals surface area contributed by atoms with E-state index in [2.05, 4.69) is 11.9 Å². The summed E-state index contributed by atoms with van der Waals surface area (Å²) in [4.78, 5) is 13.7. The maximum Gasteiger partial charge on any atom is 0.248 e. The molecule has 1 saturated heterocycles. The first-order chi connectivity index (χ1) is 7.68. The molecule has 2 rings (SSSR count). The van der Waals surface area contributed by atoms with Gasteiger partial charge in [-0.25, -0.2) is 0 Å². The zero-order valence-electron chi connectivity index (χ0n) is 9.65. The van der Waals surface area contributed by atoms with E-state index >= 15 is 0 Å². The van der Waals surface area contributed by atoms with Gasteiger partial charge in [-0.15, -0.1) is 0 Å². The summed E-state index contributed by atoms with van der Waals surface area (Å²) < 4.78 is 0. The predicted molar refractivity (Wildman–Crippen MR) is 64.4 cm³/mol. The molecule has 0 bridgehead atoms. The summed E-state index contributed by atoms with van der Waals surface area (Å²) >= 11 is 0. The molecule has 1 amide bonds. The highest BCUT2D eigenvalue weighted by Crippen LogP contribution is 2.28. The van der Waals surface area contributed by atoms with Crippen LogP contribution in [0.4, 0.5) is 0 Å². The molecule has 3 nitrogen and oxygen atoms in total. The molecule has 0 saturated carbocycles. The number of likely N-dealkylation sites (N-methyl/N-ethyl adjacent to an activating group) is 1. The van der Waals surface area contributed by atoms with E-state index in [0.29, 0.717) is 11.5 Å². The second kappa shape index (κ2) is 4.66. The lowest BCUT2D eigenvalue weighted by atomic mass is 9.87. The summed E-state index contributed by atoms with van der Waals surface area (Å²) in [5.74, 6) is 0.131. The minimum Gasteiger partial charge on any atom is -0.366 e. The molecular weight excluding hydrogens is 200 g/mol. The highest BCUT2D eigenvalue weighted by molar-refractivity contribution is 5.94. The maximum atomic E-state index is 11.4. The molecule has 3 heteroatoms. The minimum atomic E-state index is -0.316. The van der Waals surface area contributed by atoms with Crippen molar-refractivity contribution in [2.75, 3.05) is 20.1 Å². The van der Waals surface area contributed by atoms with E-state index in [1.165, 1.54) is 6.42 Å². The average Bonchev–Trinajstić information content (AvgIpc) is 2.29. The van der Waals surface area contributed by atoms with Gasteiger partial charge in [0.1, 0.15) is 0 Å². The highest BCUT2D eigenvalue weighted by Gasteiger charge is 2.22. The van der Waals surface area contributed by atoms with Crippen molar-refractivity contribution in [1.82, 2.24) is 4.90 Å². The molecule has 0 aromatic heterocycles. The number of carbonyl (C=O) groups is 1. The zero-order chi connectivity index (χ0) is 11.5. The molecule has 0 spiro atoms. The molecule has 1 aromatic carbocycles.